The van der Waals surface area contributed by atoms with Crippen molar-refractivity contribution in [2.24, 2.45) is 5.41 Å². The lowest BCUT2D eigenvalue weighted by molar-refractivity contribution is -0.182. The van der Waals surface area contributed by atoms with Crippen LogP contribution < -0.4 is 10.2 Å². The van der Waals surface area contributed by atoms with Crippen LogP contribution in [0.4, 0.5) is 0 Å². The summed E-state index contributed by atoms with van der Waals surface area (Å²) in [5.74, 6) is 0.211. The smallest absolute Gasteiger partial charge is 0.237 e. The van der Waals surface area contributed by atoms with Gasteiger partial charge in [-0.15, -0.1) is 0 Å². The number of hydrogen-bond acceptors (Lipinski definition) is 7. The van der Waals surface area contributed by atoms with Crippen molar-refractivity contribution in [1.29, 1.82) is 0 Å². The third kappa shape index (κ3) is 4.43. The van der Waals surface area contributed by atoms with Gasteiger partial charge in [-0.2, -0.15) is 0 Å². The van der Waals surface area contributed by atoms with Gasteiger partial charge in [0.15, 0.2) is 5.75 Å². The second kappa shape index (κ2) is 9.79. The first-order valence-electron chi connectivity index (χ1n) is 8.56. The number of pyridine rings is 1. The van der Waals surface area contributed by atoms with Gasteiger partial charge in [-0.05, 0) is 22.4 Å². The van der Waals surface area contributed by atoms with Gasteiger partial charge >= 0.3 is 0 Å². The number of carbonyl (C=O) groups excluding carboxylic acids is 1. The molecule has 0 saturated heterocycles. The van der Waals surface area contributed by atoms with Gasteiger partial charge in [0.05, 0.1) is 23.4 Å². The van der Waals surface area contributed by atoms with E-state index in [2.05, 4.69) is 15.9 Å². The molecule has 3 unspecified atom stereocenters. The zero-order valence-electron chi connectivity index (χ0n) is 16.0. The van der Waals surface area contributed by atoms with Gasteiger partial charge in [0.25, 0.3) is 0 Å². The summed E-state index contributed by atoms with van der Waals surface area (Å²) in [6.07, 6.45) is 2.10. The Morgan fingerprint density at radius 3 is 2.63 bits per heavy atom. The maximum Gasteiger partial charge on any atom is 0.237 e. The normalized spacial score (nSPS) is 24.5. The molecule has 2 rings (SSSR count). The molecule has 0 bridgehead atoms. The Hall–Kier alpha value is -1.26. The zero-order valence-corrected chi connectivity index (χ0v) is 17.6. The van der Waals surface area contributed by atoms with Gasteiger partial charge in [0.2, 0.25) is 5.43 Å². The highest BCUT2D eigenvalue weighted by Crippen LogP contribution is 2.49. The number of aldehydes is 1. The van der Waals surface area contributed by atoms with Gasteiger partial charge in [0, 0.05) is 39.0 Å². The first-order valence-corrected chi connectivity index (χ1v) is 9.35. The maximum absolute atomic E-state index is 12.6. The van der Waals surface area contributed by atoms with Crippen LogP contribution in [0.5, 0.6) is 5.75 Å². The minimum Gasteiger partial charge on any atom is -0.491 e. The summed E-state index contributed by atoms with van der Waals surface area (Å²) in [5, 5.41) is 0. The summed E-state index contributed by atoms with van der Waals surface area (Å²) in [6.45, 7) is 2.90. The van der Waals surface area contributed by atoms with E-state index in [4.69, 9.17) is 23.7 Å². The predicted molar refractivity (Wildman–Crippen MR) is 101 cm³/mol. The summed E-state index contributed by atoms with van der Waals surface area (Å²) in [4.78, 5) is 23.5. The Balaban J connectivity index is 2.64. The molecule has 1 aliphatic heterocycles. The van der Waals surface area contributed by atoms with E-state index in [-0.39, 0.29) is 30.7 Å². The molecule has 0 fully saturated rings. The highest BCUT2D eigenvalue weighted by atomic mass is 79.9. The van der Waals surface area contributed by atoms with Gasteiger partial charge < -0.3 is 33.0 Å². The highest BCUT2D eigenvalue weighted by Gasteiger charge is 2.50. The Bertz CT molecular complexity index is 708. The molecule has 0 amide bonds. The van der Waals surface area contributed by atoms with Gasteiger partial charge in [-0.3, -0.25) is 4.79 Å². The summed E-state index contributed by atoms with van der Waals surface area (Å²) in [7, 11) is 4.61. The summed E-state index contributed by atoms with van der Waals surface area (Å²) >= 11 is 3.29. The van der Waals surface area contributed by atoms with E-state index in [9.17, 15) is 9.59 Å². The van der Waals surface area contributed by atoms with E-state index in [1.807, 2.05) is 11.5 Å². The van der Waals surface area contributed by atoms with E-state index in [1.54, 1.807) is 13.3 Å². The van der Waals surface area contributed by atoms with E-state index in [0.29, 0.717) is 29.7 Å². The number of carbonyl (C=O) groups is 1. The first-order chi connectivity index (χ1) is 12.9. The van der Waals surface area contributed by atoms with Crippen LogP contribution in [0.15, 0.2) is 15.5 Å². The molecule has 0 aromatic carbocycles. The number of ether oxygens (including phenoxy) is 5. The summed E-state index contributed by atoms with van der Waals surface area (Å²) in [6, 6.07) is 0. The van der Waals surface area contributed by atoms with E-state index in [0.717, 1.165) is 6.29 Å². The minimum absolute atomic E-state index is 0.0288. The van der Waals surface area contributed by atoms with Crippen molar-refractivity contribution < 1.29 is 28.5 Å². The number of methoxy groups -OCH3 is 3. The maximum atomic E-state index is 12.6. The van der Waals surface area contributed by atoms with Crippen molar-refractivity contribution >= 4 is 22.2 Å². The topological polar surface area (TPSA) is 85.2 Å². The number of halogens is 1. The molecular weight excluding hydrogens is 422 g/mol. The van der Waals surface area contributed by atoms with E-state index >= 15 is 0 Å². The molecular formula is C18H26BrNO7. The van der Waals surface area contributed by atoms with Crippen molar-refractivity contribution in [3.8, 4) is 5.75 Å². The predicted octanol–water partition coefficient (Wildman–Crippen LogP) is 1.92. The third-order valence-electron chi connectivity index (χ3n) is 4.95. The number of fused-ring (bicyclic) bond motifs is 1. The fourth-order valence-electron chi connectivity index (χ4n) is 3.52. The number of rotatable bonds is 10. The molecule has 27 heavy (non-hydrogen) atoms. The molecule has 8 nitrogen and oxygen atoms in total. The second-order valence-corrected chi connectivity index (χ2v) is 7.42. The van der Waals surface area contributed by atoms with Crippen molar-refractivity contribution in [2.75, 3.05) is 41.3 Å². The van der Waals surface area contributed by atoms with Crippen LogP contribution in [0.3, 0.4) is 0 Å². The monoisotopic (exact) mass is 447 g/mol. The average Bonchev–Trinajstić information content (AvgIpc) is 2.66. The lowest BCUT2D eigenvalue weighted by atomic mass is 9.72. The molecule has 0 aliphatic carbocycles. The molecule has 3 atom stereocenters. The number of aromatic nitrogens is 1. The lowest BCUT2D eigenvalue weighted by Gasteiger charge is -2.48. The molecule has 1 aromatic rings. The Kier molecular flexibility index (Phi) is 7.99. The standard InChI is InChI=1S/C18H26BrNO7/c1-18(5-7-23-2)13(26-8-6-21)10-20-9-12(19)15(22)16(25-4)14(20)17(18)27-11-24-3/h6,9,13,17H,5,7-8,10-11H2,1-4H3. The fraction of sp³-hybridized carbons (Fsp3) is 0.667. The molecule has 0 saturated carbocycles. The van der Waals surface area contributed by atoms with Gasteiger partial charge in [-0.25, -0.2) is 0 Å². The fourth-order valence-corrected chi connectivity index (χ4v) is 3.95. The Morgan fingerprint density at radius 1 is 1.30 bits per heavy atom. The molecule has 9 heteroatoms. The van der Waals surface area contributed by atoms with Crippen LogP contribution in [0.25, 0.3) is 0 Å². The molecule has 1 aromatic heterocycles. The Labute approximate surface area is 166 Å². The van der Waals surface area contributed by atoms with Crippen LogP contribution in [-0.2, 0) is 30.3 Å². The van der Waals surface area contributed by atoms with E-state index < -0.39 is 11.5 Å². The molecule has 0 spiro atoms. The average molecular weight is 448 g/mol. The van der Waals surface area contributed by atoms with E-state index in [1.165, 1.54) is 14.2 Å². The minimum atomic E-state index is -0.578. The SMILES string of the molecule is COCCC1(C)C(OCC=O)Cn2cc(Br)c(=O)c(OC)c2C1OCOC. The van der Waals surface area contributed by atoms with Crippen molar-refractivity contribution in [1.82, 2.24) is 4.57 Å². The third-order valence-corrected chi connectivity index (χ3v) is 5.51. The largest absolute Gasteiger partial charge is 0.491 e. The van der Waals surface area contributed by atoms with Crippen LogP contribution in [0.2, 0.25) is 0 Å². The molecule has 1 aliphatic rings. The van der Waals surface area contributed by atoms with Crippen LogP contribution in [0, 0.1) is 5.41 Å². The molecule has 0 N–H and O–H groups in total. The van der Waals surface area contributed by atoms with Crippen molar-refractivity contribution in [3.63, 3.8) is 0 Å². The van der Waals surface area contributed by atoms with Crippen LogP contribution in [-0.4, -0.2) is 58.3 Å². The first kappa shape index (κ1) is 22.0. The van der Waals surface area contributed by atoms with Crippen molar-refractivity contribution in [2.45, 2.75) is 32.1 Å². The molecule has 152 valence electrons. The summed E-state index contributed by atoms with van der Waals surface area (Å²) < 4.78 is 30.0. The second-order valence-electron chi connectivity index (χ2n) is 6.57. The molecule has 2 heterocycles. The lowest BCUT2D eigenvalue weighted by Crippen LogP contribution is -2.50. The zero-order chi connectivity index (χ0) is 20.0. The van der Waals surface area contributed by atoms with Gasteiger partial charge in [-0.1, -0.05) is 6.92 Å². The quantitative estimate of drug-likeness (QED) is 0.400. The number of nitrogens with zero attached hydrogens (tertiary/aromatic N) is 1. The summed E-state index contributed by atoms with van der Waals surface area (Å²) in [5.41, 5.74) is -0.214. The van der Waals surface area contributed by atoms with Crippen molar-refractivity contribution in [3.05, 3.63) is 26.6 Å². The van der Waals surface area contributed by atoms with Crippen LogP contribution in [0.1, 0.15) is 25.1 Å². The Morgan fingerprint density at radius 2 is 2.04 bits per heavy atom. The van der Waals surface area contributed by atoms with Crippen LogP contribution >= 0.6 is 15.9 Å². The number of hydrogen-bond donors (Lipinski definition) is 0. The van der Waals surface area contributed by atoms with Gasteiger partial charge in [0.1, 0.15) is 25.8 Å². The highest BCUT2D eigenvalue weighted by molar-refractivity contribution is 9.10. The molecule has 0 radical (unpaired) electrons.